The maximum absolute atomic E-state index is 12.6. The summed E-state index contributed by atoms with van der Waals surface area (Å²) in [5.41, 5.74) is 12.4. The van der Waals surface area contributed by atoms with Gasteiger partial charge in [0.05, 0.1) is 6.54 Å². The molecule has 0 fully saturated rings. The third-order valence-corrected chi connectivity index (χ3v) is 4.86. The molecule has 3 nitrogen and oxygen atoms in total. The van der Waals surface area contributed by atoms with Crippen LogP contribution in [0.5, 0.6) is 0 Å². The van der Waals surface area contributed by atoms with E-state index in [2.05, 4.69) is 13.0 Å². The van der Waals surface area contributed by atoms with Crippen LogP contribution in [0.25, 0.3) is 0 Å². The summed E-state index contributed by atoms with van der Waals surface area (Å²) in [5.74, 6) is 0.169. The van der Waals surface area contributed by atoms with E-state index >= 15 is 0 Å². The van der Waals surface area contributed by atoms with E-state index in [0.717, 1.165) is 40.9 Å². The second kappa shape index (κ2) is 6.25. The van der Waals surface area contributed by atoms with Crippen LogP contribution >= 0.6 is 11.6 Å². The Morgan fingerprint density at radius 2 is 1.87 bits per heavy atom. The Hall–Kier alpha value is -2.00. The van der Waals surface area contributed by atoms with Crippen molar-refractivity contribution in [2.45, 2.75) is 39.7 Å². The van der Waals surface area contributed by atoms with Crippen LogP contribution in [-0.2, 0) is 17.8 Å². The number of rotatable bonds is 2. The molecule has 0 spiro atoms. The maximum Gasteiger partial charge on any atom is 0.227 e. The van der Waals surface area contributed by atoms with E-state index in [0.29, 0.717) is 18.0 Å². The predicted octanol–water partition coefficient (Wildman–Crippen LogP) is 4.41. The summed E-state index contributed by atoms with van der Waals surface area (Å²) < 4.78 is 0. The van der Waals surface area contributed by atoms with Gasteiger partial charge in [0.1, 0.15) is 0 Å². The van der Waals surface area contributed by atoms with E-state index in [1.807, 2.05) is 36.1 Å². The summed E-state index contributed by atoms with van der Waals surface area (Å²) in [6, 6.07) is 9.71. The molecule has 0 bridgehead atoms. The number of carbonyl (C=O) groups excluding carboxylic acids is 1. The molecule has 0 aromatic heterocycles. The smallest absolute Gasteiger partial charge is 0.227 e. The molecular weight excluding hydrogens is 308 g/mol. The minimum Gasteiger partial charge on any atom is -0.398 e. The predicted molar refractivity (Wildman–Crippen MR) is 95.9 cm³/mol. The summed E-state index contributed by atoms with van der Waals surface area (Å²) in [6.45, 7) is 4.61. The topological polar surface area (TPSA) is 46.3 Å². The van der Waals surface area contributed by atoms with E-state index in [1.165, 1.54) is 5.56 Å². The van der Waals surface area contributed by atoms with Gasteiger partial charge in [0.2, 0.25) is 5.91 Å². The standard InChI is InChI=1S/C19H21ClN2O/c1-12-10-17-16(13(2)19(12)21)4-3-5-18(23)22(17)11-14-6-8-15(20)9-7-14/h6-10H,3-5,11,21H2,1-2H3. The number of carbonyl (C=O) groups is 1. The molecule has 120 valence electrons. The highest BCUT2D eigenvalue weighted by Gasteiger charge is 2.25. The molecule has 1 aliphatic rings. The zero-order valence-electron chi connectivity index (χ0n) is 13.5. The van der Waals surface area contributed by atoms with Crippen molar-refractivity contribution >= 4 is 28.9 Å². The summed E-state index contributed by atoms with van der Waals surface area (Å²) >= 11 is 5.95. The summed E-state index contributed by atoms with van der Waals surface area (Å²) in [4.78, 5) is 14.5. The number of benzene rings is 2. The molecule has 0 radical (unpaired) electrons. The largest absolute Gasteiger partial charge is 0.398 e. The van der Waals surface area contributed by atoms with Crippen molar-refractivity contribution in [3.8, 4) is 0 Å². The number of anilines is 2. The van der Waals surface area contributed by atoms with Crippen molar-refractivity contribution in [1.29, 1.82) is 0 Å². The maximum atomic E-state index is 12.6. The van der Waals surface area contributed by atoms with Crippen molar-refractivity contribution in [2.75, 3.05) is 10.6 Å². The summed E-state index contributed by atoms with van der Waals surface area (Å²) in [7, 11) is 0. The first-order chi connectivity index (χ1) is 11.0. The van der Waals surface area contributed by atoms with Crippen molar-refractivity contribution in [1.82, 2.24) is 0 Å². The molecule has 23 heavy (non-hydrogen) atoms. The molecule has 2 N–H and O–H groups in total. The molecule has 0 unspecified atom stereocenters. The minimum atomic E-state index is 0.169. The van der Waals surface area contributed by atoms with Crippen molar-refractivity contribution < 1.29 is 4.79 Å². The first-order valence-corrected chi connectivity index (χ1v) is 8.28. The van der Waals surface area contributed by atoms with Crippen molar-refractivity contribution in [3.05, 3.63) is 57.6 Å². The zero-order chi connectivity index (χ0) is 16.6. The molecule has 1 amide bonds. The number of nitrogen functional groups attached to an aromatic ring is 1. The number of fused-ring (bicyclic) bond motifs is 1. The molecule has 0 saturated heterocycles. The van der Waals surface area contributed by atoms with Gasteiger partial charge < -0.3 is 10.6 Å². The van der Waals surface area contributed by atoms with Crippen LogP contribution in [0.3, 0.4) is 0 Å². The van der Waals surface area contributed by atoms with Crippen molar-refractivity contribution in [2.24, 2.45) is 0 Å². The normalized spacial score (nSPS) is 14.6. The first-order valence-electron chi connectivity index (χ1n) is 7.90. The molecule has 2 aromatic carbocycles. The Bertz CT molecular complexity index is 753. The molecule has 1 heterocycles. The SMILES string of the molecule is Cc1cc2c(c(C)c1N)CCCC(=O)N2Cc1ccc(Cl)cc1. The number of aryl methyl sites for hydroxylation is 1. The minimum absolute atomic E-state index is 0.169. The highest BCUT2D eigenvalue weighted by atomic mass is 35.5. The highest BCUT2D eigenvalue weighted by Crippen LogP contribution is 2.35. The number of hydrogen-bond acceptors (Lipinski definition) is 2. The van der Waals surface area contributed by atoms with Gasteiger partial charge in [-0.3, -0.25) is 4.79 Å². The second-order valence-corrected chi connectivity index (χ2v) is 6.63. The monoisotopic (exact) mass is 328 g/mol. The van der Waals surface area contributed by atoms with Crippen LogP contribution in [0.4, 0.5) is 11.4 Å². The number of nitrogens with two attached hydrogens (primary N) is 1. The van der Waals surface area contributed by atoms with Gasteiger partial charge in [-0.2, -0.15) is 0 Å². The lowest BCUT2D eigenvalue weighted by Crippen LogP contribution is -2.30. The molecule has 0 saturated carbocycles. The molecule has 0 atom stereocenters. The van der Waals surface area contributed by atoms with Crippen molar-refractivity contribution in [3.63, 3.8) is 0 Å². The van der Waals surface area contributed by atoms with Crippen LogP contribution in [0.15, 0.2) is 30.3 Å². The number of hydrogen-bond donors (Lipinski definition) is 1. The molecule has 1 aliphatic heterocycles. The summed E-state index contributed by atoms with van der Waals surface area (Å²) in [6.07, 6.45) is 2.33. The van der Waals surface area contributed by atoms with E-state index in [-0.39, 0.29) is 5.91 Å². The van der Waals surface area contributed by atoms with Gasteiger partial charge in [-0.05, 0) is 67.1 Å². The fraction of sp³-hybridized carbons (Fsp3) is 0.316. The van der Waals surface area contributed by atoms with Gasteiger partial charge in [-0.1, -0.05) is 23.7 Å². The van der Waals surface area contributed by atoms with Crippen LogP contribution in [-0.4, -0.2) is 5.91 Å². The Labute approximate surface area is 142 Å². The number of nitrogens with zero attached hydrogens (tertiary/aromatic N) is 1. The van der Waals surface area contributed by atoms with E-state index < -0.39 is 0 Å². The molecule has 4 heteroatoms. The average molecular weight is 329 g/mol. The lowest BCUT2D eigenvalue weighted by Gasteiger charge is -2.25. The van der Waals surface area contributed by atoms with Gasteiger partial charge in [0.25, 0.3) is 0 Å². The van der Waals surface area contributed by atoms with E-state index in [4.69, 9.17) is 17.3 Å². The summed E-state index contributed by atoms with van der Waals surface area (Å²) in [5, 5.41) is 0.704. The second-order valence-electron chi connectivity index (χ2n) is 6.19. The Morgan fingerprint density at radius 3 is 2.57 bits per heavy atom. The van der Waals surface area contributed by atoms with Crippen LogP contribution < -0.4 is 10.6 Å². The van der Waals surface area contributed by atoms with Gasteiger partial charge in [-0.25, -0.2) is 0 Å². The molecule has 3 rings (SSSR count). The van der Waals surface area contributed by atoms with Gasteiger partial charge >= 0.3 is 0 Å². The third kappa shape index (κ3) is 3.06. The molecular formula is C19H21ClN2O. The van der Waals surface area contributed by atoms with Gasteiger partial charge in [0, 0.05) is 22.8 Å². The fourth-order valence-electron chi connectivity index (χ4n) is 3.21. The lowest BCUT2D eigenvalue weighted by atomic mass is 9.97. The van der Waals surface area contributed by atoms with E-state index in [9.17, 15) is 4.79 Å². The lowest BCUT2D eigenvalue weighted by molar-refractivity contribution is -0.118. The number of amides is 1. The Morgan fingerprint density at radius 1 is 1.17 bits per heavy atom. The Balaban J connectivity index is 2.05. The number of halogens is 1. The van der Waals surface area contributed by atoms with Crippen LogP contribution in [0.1, 0.15) is 35.1 Å². The van der Waals surface area contributed by atoms with Crippen LogP contribution in [0.2, 0.25) is 5.02 Å². The zero-order valence-corrected chi connectivity index (χ0v) is 14.3. The average Bonchev–Trinajstić information content (AvgIpc) is 2.68. The molecule has 2 aromatic rings. The van der Waals surface area contributed by atoms with Gasteiger partial charge in [-0.15, -0.1) is 0 Å². The first kappa shape index (κ1) is 15.9. The van der Waals surface area contributed by atoms with Crippen LogP contribution in [0, 0.1) is 13.8 Å². The Kier molecular flexibility index (Phi) is 4.31. The van der Waals surface area contributed by atoms with E-state index in [1.54, 1.807) is 0 Å². The van der Waals surface area contributed by atoms with Gasteiger partial charge in [0.15, 0.2) is 0 Å². The fourth-order valence-corrected chi connectivity index (χ4v) is 3.33. The third-order valence-electron chi connectivity index (χ3n) is 4.61. The molecule has 0 aliphatic carbocycles. The highest BCUT2D eigenvalue weighted by molar-refractivity contribution is 6.30. The quantitative estimate of drug-likeness (QED) is 0.830.